The predicted molar refractivity (Wildman–Crippen MR) is 113 cm³/mol. The summed E-state index contributed by atoms with van der Waals surface area (Å²) in [4.78, 5) is 30.8. The third-order valence-electron chi connectivity index (χ3n) is 3.98. The molecule has 3 aromatic rings. The van der Waals surface area contributed by atoms with Gasteiger partial charge in [-0.25, -0.2) is 9.78 Å². The first-order valence-electron chi connectivity index (χ1n) is 8.50. The fraction of sp³-hybridized carbons (Fsp3) is 0.105. The second-order valence-corrected chi connectivity index (χ2v) is 7.47. The molecule has 30 heavy (non-hydrogen) atoms. The fourth-order valence-electron chi connectivity index (χ4n) is 2.59. The van der Waals surface area contributed by atoms with E-state index in [1.807, 2.05) is 24.3 Å². The maximum atomic E-state index is 12.6. The summed E-state index contributed by atoms with van der Waals surface area (Å²) in [7, 11) is 0. The zero-order valence-corrected chi connectivity index (χ0v) is 17.3. The third kappa shape index (κ3) is 5.49. The summed E-state index contributed by atoms with van der Waals surface area (Å²) in [5.74, 6) is -0.438. The molecular formula is C19H15F3IN5O2. The first kappa shape index (κ1) is 21.6. The first-order valence-corrected chi connectivity index (χ1v) is 9.58. The van der Waals surface area contributed by atoms with Gasteiger partial charge in [0.05, 0.1) is 5.56 Å². The molecule has 0 saturated carbocycles. The van der Waals surface area contributed by atoms with Crippen LogP contribution in [0.2, 0.25) is 0 Å². The Labute approximate surface area is 182 Å². The Morgan fingerprint density at radius 2 is 1.67 bits per heavy atom. The van der Waals surface area contributed by atoms with Crippen LogP contribution in [-0.2, 0) is 12.6 Å². The molecule has 0 unspecified atom stereocenters. The van der Waals surface area contributed by atoms with Crippen molar-refractivity contribution in [3.05, 3.63) is 74.7 Å². The molecule has 0 bridgehead atoms. The maximum Gasteiger partial charge on any atom is 0.416 e. The van der Waals surface area contributed by atoms with E-state index < -0.39 is 23.7 Å². The van der Waals surface area contributed by atoms with Gasteiger partial charge in [0.25, 0.3) is 5.91 Å². The number of hydrogen-bond donors (Lipinski definition) is 4. The molecular weight excluding hydrogens is 514 g/mol. The van der Waals surface area contributed by atoms with E-state index in [0.717, 1.165) is 33.4 Å². The molecule has 2 aromatic carbocycles. The van der Waals surface area contributed by atoms with Crippen LogP contribution in [0.25, 0.3) is 0 Å². The van der Waals surface area contributed by atoms with Gasteiger partial charge in [0.15, 0.2) is 5.69 Å². The lowest BCUT2D eigenvalue weighted by atomic mass is 10.1. The molecule has 1 heterocycles. The molecule has 0 aliphatic heterocycles. The molecule has 1 aromatic heterocycles. The Kier molecular flexibility index (Phi) is 6.29. The SMILES string of the molecule is NC(=O)c1nc(Cc2ccc(I)cc2)[nH]c1NC(=O)Nc1ccc(C(F)(F)F)cc1. The molecule has 0 saturated heterocycles. The monoisotopic (exact) mass is 529 g/mol. The highest BCUT2D eigenvalue weighted by Gasteiger charge is 2.30. The summed E-state index contributed by atoms with van der Waals surface area (Å²) >= 11 is 2.18. The van der Waals surface area contributed by atoms with E-state index in [-0.39, 0.29) is 17.2 Å². The summed E-state index contributed by atoms with van der Waals surface area (Å²) in [5.41, 5.74) is 5.41. The Morgan fingerprint density at radius 1 is 1.03 bits per heavy atom. The molecule has 3 rings (SSSR count). The van der Waals surface area contributed by atoms with E-state index in [1.54, 1.807) is 0 Å². The average Bonchev–Trinajstić information content (AvgIpc) is 3.05. The van der Waals surface area contributed by atoms with Gasteiger partial charge in [0.1, 0.15) is 11.6 Å². The average molecular weight is 529 g/mol. The summed E-state index contributed by atoms with van der Waals surface area (Å²) < 4.78 is 38.9. The van der Waals surface area contributed by atoms with Crippen LogP contribution in [0, 0.1) is 3.57 Å². The lowest BCUT2D eigenvalue weighted by molar-refractivity contribution is -0.137. The highest BCUT2D eigenvalue weighted by atomic mass is 127. The van der Waals surface area contributed by atoms with Crippen LogP contribution in [0.1, 0.15) is 27.4 Å². The molecule has 0 atom stereocenters. The zero-order valence-electron chi connectivity index (χ0n) is 15.2. The quantitative estimate of drug-likeness (QED) is 0.369. The van der Waals surface area contributed by atoms with E-state index in [1.165, 1.54) is 0 Å². The van der Waals surface area contributed by atoms with Crippen molar-refractivity contribution in [2.45, 2.75) is 12.6 Å². The van der Waals surface area contributed by atoms with E-state index >= 15 is 0 Å². The summed E-state index contributed by atoms with van der Waals surface area (Å²) in [6, 6.07) is 10.8. The van der Waals surface area contributed by atoms with Crippen LogP contribution >= 0.6 is 22.6 Å². The number of urea groups is 1. The molecule has 0 radical (unpaired) electrons. The largest absolute Gasteiger partial charge is 0.416 e. The highest BCUT2D eigenvalue weighted by molar-refractivity contribution is 14.1. The number of nitrogens with one attached hydrogen (secondary N) is 3. The van der Waals surface area contributed by atoms with Gasteiger partial charge < -0.3 is 16.0 Å². The lowest BCUT2D eigenvalue weighted by Gasteiger charge is -2.09. The minimum Gasteiger partial charge on any atom is -0.364 e. The van der Waals surface area contributed by atoms with Crippen molar-refractivity contribution in [1.82, 2.24) is 9.97 Å². The molecule has 0 spiro atoms. The molecule has 0 aliphatic rings. The van der Waals surface area contributed by atoms with Gasteiger partial charge in [0.2, 0.25) is 0 Å². The Morgan fingerprint density at radius 3 is 2.23 bits per heavy atom. The van der Waals surface area contributed by atoms with Crippen LogP contribution < -0.4 is 16.4 Å². The van der Waals surface area contributed by atoms with Crippen molar-refractivity contribution in [2.24, 2.45) is 5.73 Å². The van der Waals surface area contributed by atoms with E-state index in [2.05, 4.69) is 43.2 Å². The van der Waals surface area contributed by atoms with E-state index in [0.29, 0.717) is 12.2 Å². The van der Waals surface area contributed by atoms with Gasteiger partial charge in [-0.15, -0.1) is 0 Å². The predicted octanol–water partition coefficient (Wildman–Crippen LogP) is 4.37. The Hall–Kier alpha value is -3.09. The smallest absolute Gasteiger partial charge is 0.364 e. The van der Waals surface area contributed by atoms with Gasteiger partial charge in [-0.1, -0.05) is 12.1 Å². The summed E-state index contributed by atoms with van der Waals surface area (Å²) in [5, 5.41) is 4.79. The summed E-state index contributed by atoms with van der Waals surface area (Å²) in [6.45, 7) is 0. The number of aromatic nitrogens is 2. The minimum absolute atomic E-state index is 0.00702. The van der Waals surface area contributed by atoms with Crippen molar-refractivity contribution < 1.29 is 22.8 Å². The molecule has 0 fully saturated rings. The van der Waals surface area contributed by atoms with Gasteiger partial charge in [-0.3, -0.25) is 10.1 Å². The number of primary amides is 1. The number of amides is 3. The molecule has 11 heteroatoms. The number of benzene rings is 2. The van der Waals surface area contributed by atoms with Gasteiger partial charge >= 0.3 is 12.2 Å². The Bertz CT molecular complexity index is 1060. The molecule has 0 aliphatic carbocycles. The van der Waals surface area contributed by atoms with Crippen molar-refractivity contribution in [3.63, 3.8) is 0 Å². The number of carbonyl (C=O) groups is 2. The number of imidazole rings is 1. The van der Waals surface area contributed by atoms with Crippen LogP contribution in [0.4, 0.5) is 29.5 Å². The standard InChI is InChI=1S/C19H15F3IN5O2/c20-19(21,22)11-3-7-13(8-4-11)25-18(30)28-17-15(16(24)29)26-14(27-17)9-10-1-5-12(23)6-2-10/h1-8H,9H2,(H2,24,29)(H,26,27)(H2,25,28,30). The molecule has 156 valence electrons. The highest BCUT2D eigenvalue weighted by Crippen LogP contribution is 2.29. The molecule has 5 N–H and O–H groups in total. The number of nitrogens with two attached hydrogens (primary N) is 1. The van der Waals surface area contributed by atoms with Crippen LogP contribution in [0.5, 0.6) is 0 Å². The number of carbonyl (C=O) groups excluding carboxylic acids is 2. The van der Waals surface area contributed by atoms with Crippen molar-refractivity contribution >= 4 is 46.0 Å². The fourth-order valence-corrected chi connectivity index (χ4v) is 2.95. The number of aromatic amines is 1. The van der Waals surface area contributed by atoms with Gasteiger partial charge in [-0.2, -0.15) is 13.2 Å². The Balaban J connectivity index is 1.71. The number of anilines is 2. The number of hydrogen-bond acceptors (Lipinski definition) is 3. The van der Waals surface area contributed by atoms with E-state index in [9.17, 15) is 22.8 Å². The zero-order chi connectivity index (χ0) is 21.9. The second-order valence-electron chi connectivity index (χ2n) is 6.23. The van der Waals surface area contributed by atoms with Gasteiger partial charge in [0, 0.05) is 15.7 Å². The first-order chi connectivity index (χ1) is 14.1. The number of rotatable bonds is 5. The third-order valence-corrected chi connectivity index (χ3v) is 4.70. The van der Waals surface area contributed by atoms with Crippen LogP contribution in [0.3, 0.4) is 0 Å². The van der Waals surface area contributed by atoms with Crippen molar-refractivity contribution in [1.29, 1.82) is 0 Å². The normalized spacial score (nSPS) is 11.2. The summed E-state index contributed by atoms with van der Waals surface area (Å²) in [6.07, 6.45) is -4.10. The second kappa shape index (κ2) is 8.73. The minimum atomic E-state index is -4.47. The van der Waals surface area contributed by atoms with Crippen LogP contribution in [0.15, 0.2) is 48.5 Å². The maximum absolute atomic E-state index is 12.6. The number of halogens is 4. The molecule has 7 nitrogen and oxygen atoms in total. The number of H-pyrrole nitrogens is 1. The lowest BCUT2D eigenvalue weighted by Crippen LogP contribution is -2.22. The molecule has 3 amide bonds. The van der Waals surface area contributed by atoms with Gasteiger partial charge in [-0.05, 0) is 64.6 Å². The van der Waals surface area contributed by atoms with Crippen molar-refractivity contribution in [2.75, 3.05) is 10.6 Å². The van der Waals surface area contributed by atoms with Crippen molar-refractivity contribution in [3.8, 4) is 0 Å². The van der Waals surface area contributed by atoms with E-state index in [4.69, 9.17) is 5.73 Å². The number of nitrogens with zero attached hydrogens (tertiary/aromatic N) is 1. The number of alkyl halides is 3. The van der Waals surface area contributed by atoms with Crippen LogP contribution in [-0.4, -0.2) is 21.9 Å². The topological polar surface area (TPSA) is 113 Å².